The zero-order chi connectivity index (χ0) is 19.9. The number of halogens is 1. The fourth-order valence-electron chi connectivity index (χ4n) is 3.05. The van der Waals surface area contributed by atoms with Gasteiger partial charge in [-0.15, -0.1) is 0 Å². The summed E-state index contributed by atoms with van der Waals surface area (Å²) in [5.41, 5.74) is 2.44. The number of hydrogen-bond acceptors (Lipinski definition) is 3. The molecule has 0 atom stereocenters. The quantitative estimate of drug-likeness (QED) is 0.583. The summed E-state index contributed by atoms with van der Waals surface area (Å²) in [6, 6.07) is 11.4. The number of carbonyl (C=O) groups is 2. The number of unbranched alkanes of at least 4 members (excludes halogenated alkanes) is 2. The van der Waals surface area contributed by atoms with Gasteiger partial charge in [-0.25, -0.2) is 9.37 Å². The number of amides is 2. The lowest BCUT2D eigenvalue weighted by Gasteiger charge is -2.07. The smallest absolute Gasteiger partial charge is 0.270 e. The van der Waals surface area contributed by atoms with E-state index in [1.807, 2.05) is 31.3 Å². The minimum atomic E-state index is -0.380. The molecule has 0 aliphatic heterocycles. The largest absolute Gasteiger partial charge is 0.351 e. The van der Waals surface area contributed by atoms with Gasteiger partial charge in [-0.3, -0.25) is 14.0 Å². The summed E-state index contributed by atoms with van der Waals surface area (Å²) < 4.78 is 14.9. The van der Waals surface area contributed by atoms with E-state index in [1.165, 1.54) is 12.1 Å². The Morgan fingerprint density at radius 3 is 2.79 bits per heavy atom. The van der Waals surface area contributed by atoms with Crippen molar-refractivity contribution in [2.24, 2.45) is 0 Å². The standard InChI is InChI=1S/C21H23FN4O2/c1-15-20(26-13-6-4-10-18(26)24-15)21(28)23-12-5-2-3-11-19(27)25-17-9-7-8-16(22)14-17/h4,6-10,13-14H,2-3,5,11-12H2,1H3,(H,23,28)(H,25,27). The molecule has 0 unspecified atom stereocenters. The maximum Gasteiger partial charge on any atom is 0.270 e. The summed E-state index contributed by atoms with van der Waals surface area (Å²) in [5.74, 6) is -0.675. The van der Waals surface area contributed by atoms with E-state index < -0.39 is 0 Å². The first kappa shape index (κ1) is 19.5. The molecular formula is C21H23FN4O2. The molecule has 0 radical (unpaired) electrons. The third-order valence-electron chi connectivity index (χ3n) is 4.39. The normalized spacial score (nSPS) is 10.8. The van der Waals surface area contributed by atoms with Gasteiger partial charge >= 0.3 is 0 Å². The molecule has 3 aromatic rings. The molecule has 2 amide bonds. The molecule has 3 rings (SSSR count). The lowest BCUT2D eigenvalue weighted by atomic mass is 10.2. The third-order valence-corrected chi connectivity index (χ3v) is 4.39. The number of benzene rings is 1. The Bertz CT molecular complexity index is 983. The Hall–Kier alpha value is -3.22. The van der Waals surface area contributed by atoms with Crippen LogP contribution in [0.5, 0.6) is 0 Å². The molecule has 0 spiro atoms. The zero-order valence-corrected chi connectivity index (χ0v) is 15.7. The van der Waals surface area contributed by atoms with E-state index in [9.17, 15) is 14.0 Å². The summed E-state index contributed by atoms with van der Waals surface area (Å²) in [5, 5.41) is 5.59. The average Bonchev–Trinajstić information content (AvgIpc) is 3.00. The molecule has 0 saturated carbocycles. The molecule has 0 aliphatic carbocycles. The fourth-order valence-corrected chi connectivity index (χ4v) is 3.05. The van der Waals surface area contributed by atoms with Crippen LogP contribution in [0.2, 0.25) is 0 Å². The van der Waals surface area contributed by atoms with Crippen LogP contribution in [0.15, 0.2) is 48.7 Å². The number of rotatable bonds is 8. The highest BCUT2D eigenvalue weighted by molar-refractivity contribution is 5.94. The second-order valence-electron chi connectivity index (χ2n) is 6.60. The Kier molecular flexibility index (Phi) is 6.37. The summed E-state index contributed by atoms with van der Waals surface area (Å²) in [6.07, 6.45) is 4.46. The first-order chi connectivity index (χ1) is 13.5. The van der Waals surface area contributed by atoms with Crippen LogP contribution < -0.4 is 10.6 Å². The van der Waals surface area contributed by atoms with Gasteiger partial charge in [0.15, 0.2) is 0 Å². The minimum absolute atomic E-state index is 0.143. The van der Waals surface area contributed by atoms with E-state index in [1.54, 1.807) is 16.5 Å². The van der Waals surface area contributed by atoms with Crippen LogP contribution in [0.1, 0.15) is 41.9 Å². The summed E-state index contributed by atoms with van der Waals surface area (Å²) in [4.78, 5) is 28.7. The predicted octanol–water partition coefficient (Wildman–Crippen LogP) is 3.71. The molecule has 0 aliphatic rings. The second-order valence-corrected chi connectivity index (χ2v) is 6.60. The Morgan fingerprint density at radius 1 is 1.11 bits per heavy atom. The number of hydrogen-bond donors (Lipinski definition) is 2. The molecule has 1 aromatic carbocycles. The molecular weight excluding hydrogens is 359 g/mol. The van der Waals surface area contributed by atoms with E-state index in [2.05, 4.69) is 15.6 Å². The summed E-state index contributed by atoms with van der Waals surface area (Å²) in [7, 11) is 0. The van der Waals surface area contributed by atoms with Gasteiger partial charge in [0.1, 0.15) is 17.2 Å². The van der Waals surface area contributed by atoms with E-state index in [0.717, 1.165) is 18.5 Å². The summed E-state index contributed by atoms with van der Waals surface area (Å²) in [6.45, 7) is 2.35. The molecule has 0 fully saturated rings. The molecule has 7 heteroatoms. The fraction of sp³-hybridized carbons (Fsp3) is 0.286. The molecule has 2 heterocycles. The van der Waals surface area contributed by atoms with Crippen LogP contribution in [0.25, 0.3) is 5.65 Å². The Morgan fingerprint density at radius 2 is 1.96 bits per heavy atom. The highest BCUT2D eigenvalue weighted by Gasteiger charge is 2.15. The van der Waals surface area contributed by atoms with Gasteiger partial charge in [0.05, 0.1) is 5.69 Å². The number of aromatic nitrogens is 2. The number of anilines is 1. The first-order valence-corrected chi connectivity index (χ1v) is 9.32. The monoisotopic (exact) mass is 382 g/mol. The van der Waals surface area contributed by atoms with E-state index >= 15 is 0 Å². The van der Waals surface area contributed by atoms with Crippen molar-refractivity contribution in [3.8, 4) is 0 Å². The predicted molar refractivity (Wildman–Crippen MR) is 106 cm³/mol. The van der Waals surface area contributed by atoms with Gasteiger partial charge in [-0.2, -0.15) is 0 Å². The van der Waals surface area contributed by atoms with Crippen LogP contribution >= 0.6 is 0 Å². The molecule has 0 bridgehead atoms. The van der Waals surface area contributed by atoms with Gasteiger partial charge in [0.2, 0.25) is 5.91 Å². The van der Waals surface area contributed by atoms with E-state index in [0.29, 0.717) is 36.5 Å². The second kappa shape index (κ2) is 9.12. The van der Waals surface area contributed by atoms with E-state index in [-0.39, 0.29) is 17.6 Å². The molecule has 0 saturated heterocycles. The van der Waals surface area contributed by atoms with Crippen molar-refractivity contribution >= 4 is 23.1 Å². The van der Waals surface area contributed by atoms with Crippen LogP contribution in [0.4, 0.5) is 10.1 Å². The Labute approximate surface area is 162 Å². The maximum atomic E-state index is 13.1. The highest BCUT2D eigenvalue weighted by Crippen LogP contribution is 2.12. The van der Waals surface area contributed by atoms with Crippen LogP contribution in [0.3, 0.4) is 0 Å². The van der Waals surface area contributed by atoms with Gasteiger partial charge in [-0.1, -0.05) is 18.6 Å². The minimum Gasteiger partial charge on any atom is -0.351 e. The van der Waals surface area contributed by atoms with E-state index in [4.69, 9.17) is 0 Å². The van der Waals surface area contributed by atoms with Gasteiger partial charge in [0, 0.05) is 24.8 Å². The number of fused-ring (bicyclic) bond motifs is 1. The van der Waals surface area contributed by atoms with Gasteiger partial charge in [-0.05, 0) is 50.1 Å². The van der Waals surface area contributed by atoms with Crippen molar-refractivity contribution < 1.29 is 14.0 Å². The lowest BCUT2D eigenvalue weighted by Crippen LogP contribution is -2.26. The van der Waals surface area contributed by atoms with Crippen LogP contribution in [0, 0.1) is 12.7 Å². The Balaban J connectivity index is 1.37. The number of aryl methyl sites for hydroxylation is 1. The maximum absolute atomic E-state index is 13.1. The topological polar surface area (TPSA) is 75.5 Å². The molecule has 2 N–H and O–H groups in total. The van der Waals surface area contributed by atoms with Crippen molar-refractivity contribution in [3.63, 3.8) is 0 Å². The number of pyridine rings is 1. The molecule has 2 aromatic heterocycles. The van der Waals surface area contributed by atoms with Crippen molar-refractivity contribution in [2.75, 3.05) is 11.9 Å². The van der Waals surface area contributed by atoms with Crippen molar-refractivity contribution in [2.45, 2.75) is 32.6 Å². The van der Waals surface area contributed by atoms with Gasteiger partial charge in [0.25, 0.3) is 5.91 Å². The van der Waals surface area contributed by atoms with Crippen LogP contribution in [-0.4, -0.2) is 27.7 Å². The van der Waals surface area contributed by atoms with Crippen molar-refractivity contribution in [1.82, 2.24) is 14.7 Å². The molecule has 146 valence electrons. The van der Waals surface area contributed by atoms with Crippen LogP contribution in [-0.2, 0) is 4.79 Å². The van der Waals surface area contributed by atoms with Gasteiger partial charge < -0.3 is 10.6 Å². The highest BCUT2D eigenvalue weighted by atomic mass is 19.1. The molecule has 28 heavy (non-hydrogen) atoms. The van der Waals surface area contributed by atoms with Crippen molar-refractivity contribution in [3.05, 3.63) is 65.9 Å². The van der Waals surface area contributed by atoms with Crippen molar-refractivity contribution in [1.29, 1.82) is 0 Å². The summed E-state index contributed by atoms with van der Waals surface area (Å²) >= 11 is 0. The third kappa shape index (κ3) is 4.94. The average molecular weight is 382 g/mol. The zero-order valence-electron chi connectivity index (χ0n) is 15.7. The SMILES string of the molecule is Cc1nc2ccccn2c1C(=O)NCCCCCC(=O)Nc1cccc(F)c1. The molecule has 6 nitrogen and oxygen atoms in total. The number of nitrogens with one attached hydrogen (secondary N) is 2. The number of imidazole rings is 1. The number of carbonyl (C=O) groups excluding carboxylic acids is 2. The first-order valence-electron chi connectivity index (χ1n) is 9.32. The lowest BCUT2D eigenvalue weighted by molar-refractivity contribution is -0.116. The number of nitrogens with zero attached hydrogens (tertiary/aromatic N) is 2.